The maximum Gasteiger partial charge on any atom is 0.326 e. The van der Waals surface area contributed by atoms with E-state index in [1.54, 1.807) is 0 Å². The van der Waals surface area contributed by atoms with Crippen molar-refractivity contribution in [3.8, 4) is 0 Å². The van der Waals surface area contributed by atoms with Crippen LogP contribution in [0, 0.1) is 10.1 Å². The number of H-pyrrole nitrogens is 1. The molecule has 1 unspecified atom stereocenters. The van der Waals surface area contributed by atoms with Gasteiger partial charge in [0, 0.05) is 12.5 Å². The second kappa shape index (κ2) is 7.03. The van der Waals surface area contributed by atoms with Crippen molar-refractivity contribution < 1.29 is 29.2 Å². The molecule has 0 bridgehead atoms. The Labute approximate surface area is 118 Å². The topological polar surface area (TPSA) is 152 Å². The number of carbonyl (C=O) groups is 3. The molecule has 0 spiro atoms. The van der Waals surface area contributed by atoms with E-state index in [1.165, 1.54) is 0 Å². The molecular formula is C11H13N3O7. The normalized spacial score (nSPS) is 11.5. The van der Waals surface area contributed by atoms with E-state index < -0.39 is 28.8 Å². The van der Waals surface area contributed by atoms with Crippen LogP contribution in [0.3, 0.4) is 0 Å². The lowest BCUT2D eigenvalue weighted by atomic mass is 10.1. The molecule has 10 nitrogen and oxygen atoms in total. The van der Waals surface area contributed by atoms with Gasteiger partial charge < -0.3 is 25.3 Å². The van der Waals surface area contributed by atoms with Crippen molar-refractivity contribution >= 4 is 23.7 Å². The van der Waals surface area contributed by atoms with Gasteiger partial charge in [0.2, 0.25) is 0 Å². The predicted molar refractivity (Wildman–Crippen MR) is 67.6 cm³/mol. The van der Waals surface area contributed by atoms with Crippen LogP contribution in [0.25, 0.3) is 0 Å². The number of rotatable bonds is 7. The molecule has 0 aromatic carbocycles. The lowest BCUT2D eigenvalue weighted by Gasteiger charge is -2.12. The highest BCUT2D eigenvalue weighted by atomic mass is 16.6. The summed E-state index contributed by atoms with van der Waals surface area (Å²) in [5, 5.41) is 21.6. The summed E-state index contributed by atoms with van der Waals surface area (Å²) in [6.07, 6.45) is -0.338. The highest BCUT2D eigenvalue weighted by molar-refractivity contribution is 5.95. The molecule has 0 saturated carbocycles. The first-order chi connectivity index (χ1) is 9.85. The van der Waals surface area contributed by atoms with Gasteiger partial charge in [-0.3, -0.25) is 9.59 Å². The van der Waals surface area contributed by atoms with E-state index in [-0.39, 0.29) is 24.4 Å². The number of hydrogen-bond donors (Lipinski definition) is 3. The lowest BCUT2D eigenvalue weighted by Crippen LogP contribution is -2.41. The van der Waals surface area contributed by atoms with E-state index >= 15 is 0 Å². The number of nitrogens with zero attached hydrogens (tertiary/aromatic N) is 1. The maximum atomic E-state index is 11.8. The number of hydrogen-bond acceptors (Lipinski definition) is 6. The Hall–Kier alpha value is -2.91. The number of aliphatic carboxylic acids is 1. The summed E-state index contributed by atoms with van der Waals surface area (Å²) >= 11 is 0. The van der Waals surface area contributed by atoms with E-state index in [0.717, 1.165) is 19.2 Å². The van der Waals surface area contributed by atoms with Crippen LogP contribution in [0.2, 0.25) is 0 Å². The van der Waals surface area contributed by atoms with Gasteiger partial charge in [0.25, 0.3) is 5.91 Å². The minimum atomic E-state index is -1.33. The number of carbonyl (C=O) groups excluding carboxylic acids is 2. The summed E-state index contributed by atoms with van der Waals surface area (Å²) in [5.41, 5.74) is -0.147. The summed E-state index contributed by atoms with van der Waals surface area (Å²) < 4.78 is 4.37. The number of aromatic amines is 1. The minimum absolute atomic E-state index is 0.147. The third-order valence-corrected chi connectivity index (χ3v) is 2.58. The highest BCUT2D eigenvalue weighted by Crippen LogP contribution is 2.10. The number of methoxy groups -OCH3 is 1. The maximum absolute atomic E-state index is 11.8. The third kappa shape index (κ3) is 4.60. The summed E-state index contributed by atoms with van der Waals surface area (Å²) in [6, 6.07) is 0.935. The zero-order valence-electron chi connectivity index (χ0n) is 11.0. The summed E-state index contributed by atoms with van der Waals surface area (Å²) in [5.74, 6) is -3.14. The van der Waals surface area contributed by atoms with E-state index in [4.69, 9.17) is 5.11 Å². The summed E-state index contributed by atoms with van der Waals surface area (Å²) in [6.45, 7) is 0. The molecule has 21 heavy (non-hydrogen) atoms. The standard InChI is InChI=1S/C11H13N3O7/c1-21-9(15)5-3-7(11(17)18)13-10(16)6-2-4-8(12-6)14(19)20/h2,4,7,12H,3,5H2,1H3,(H,13,16)(H,17,18). The van der Waals surface area contributed by atoms with E-state index in [0.29, 0.717) is 0 Å². The van der Waals surface area contributed by atoms with E-state index in [1.807, 2.05) is 0 Å². The molecule has 0 aliphatic rings. The minimum Gasteiger partial charge on any atom is -0.480 e. The molecule has 3 N–H and O–H groups in total. The molecule has 114 valence electrons. The van der Waals surface area contributed by atoms with Crippen molar-refractivity contribution in [2.45, 2.75) is 18.9 Å². The molecule has 1 aromatic heterocycles. The molecule has 1 amide bonds. The fourth-order valence-corrected chi connectivity index (χ4v) is 1.48. The quantitative estimate of drug-likeness (QED) is 0.365. The second-order valence-electron chi connectivity index (χ2n) is 3.99. The van der Waals surface area contributed by atoms with Gasteiger partial charge >= 0.3 is 17.8 Å². The predicted octanol–water partition coefficient (Wildman–Crippen LogP) is 0.0591. The average molecular weight is 299 g/mol. The SMILES string of the molecule is COC(=O)CCC(NC(=O)c1ccc([N+](=O)[O-])[nH]1)C(=O)O. The molecule has 0 radical (unpaired) electrons. The lowest BCUT2D eigenvalue weighted by molar-refractivity contribution is -0.389. The molecule has 0 aliphatic heterocycles. The van der Waals surface area contributed by atoms with Crippen LogP contribution in [0.1, 0.15) is 23.3 Å². The van der Waals surface area contributed by atoms with Crippen molar-refractivity contribution in [1.82, 2.24) is 10.3 Å². The highest BCUT2D eigenvalue weighted by Gasteiger charge is 2.24. The fraction of sp³-hybridized carbons (Fsp3) is 0.364. The van der Waals surface area contributed by atoms with E-state index in [2.05, 4.69) is 15.0 Å². The Kier molecular flexibility index (Phi) is 5.40. The van der Waals surface area contributed by atoms with Crippen molar-refractivity contribution in [2.24, 2.45) is 0 Å². The number of carboxylic acid groups (broad SMARTS) is 1. The van der Waals surface area contributed by atoms with Crippen LogP contribution >= 0.6 is 0 Å². The van der Waals surface area contributed by atoms with E-state index in [9.17, 15) is 24.5 Å². The average Bonchev–Trinajstić information content (AvgIpc) is 2.92. The number of nitro groups is 1. The number of amides is 1. The number of nitrogens with one attached hydrogen (secondary N) is 2. The molecule has 1 atom stereocenters. The van der Waals surface area contributed by atoms with Gasteiger partial charge in [0.15, 0.2) is 5.69 Å². The second-order valence-corrected chi connectivity index (χ2v) is 3.99. The van der Waals surface area contributed by atoms with Crippen molar-refractivity contribution in [3.05, 3.63) is 27.9 Å². The van der Waals surface area contributed by atoms with Crippen LogP contribution < -0.4 is 5.32 Å². The van der Waals surface area contributed by atoms with Crippen LogP contribution in [0.5, 0.6) is 0 Å². The summed E-state index contributed by atoms with van der Waals surface area (Å²) in [4.78, 5) is 45.7. The Morgan fingerprint density at radius 1 is 1.48 bits per heavy atom. The van der Waals surface area contributed by atoms with Gasteiger partial charge in [-0.15, -0.1) is 0 Å². The van der Waals surface area contributed by atoms with Crippen LogP contribution in [0.15, 0.2) is 12.1 Å². The van der Waals surface area contributed by atoms with Gasteiger partial charge in [-0.1, -0.05) is 0 Å². The Bertz CT molecular complexity index is 566. The third-order valence-electron chi connectivity index (χ3n) is 2.58. The first-order valence-electron chi connectivity index (χ1n) is 5.79. The first kappa shape index (κ1) is 16.1. The smallest absolute Gasteiger partial charge is 0.326 e. The molecule has 0 aliphatic carbocycles. The van der Waals surface area contributed by atoms with Gasteiger partial charge in [0.1, 0.15) is 6.04 Å². The Morgan fingerprint density at radius 3 is 2.62 bits per heavy atom. The van der Waals surface area contributed by atoms with Crippen molar-refractivity contribution in [2.75, 3.05) is 7.11 Å². The molecule has 1 rings (SSSR count). The van der Waals surface area contributed by atoms with Gasteiger partial charge in [-0.05, 0) is 17.4 Å². The molecule has 1 aromatic rings. The molecule has 0 fully saturated rings. The van der Waals surface area contributed by atoms with Crippen molar-refractivity contribution in [1.29, 1.82) is 0 Å². The fourth-order valence-electron chi connectivity index (χ4n) is 1.48. The Balaban J connectivity index is 2.69. The molecular weight excluding hydrogens is 286 g/mol. The first-order valence-corrected chi connectivity index (χ1v) is 5.79. The largest absolute Gasteiger partial charge is 0.480 e. The molecule has 1 heterocycles. The monoisotopic (exact) mass is 299 g/mol. The zero-order chi connectivity index (χ0) is 16.0. The number of ether oxygens (including phenoxy) is 1. The molecule has 0 saturated heterocycles. The van der Waals surface area contributed by atoms with Gasteiger partial charge in [0.05, 0.1) is 7.11 Å². The van der Waals surface area contributed by atoms with Gasteiger partial charge in [-0.2, -0.15) is 0 Å². The zero-order valence-corrected chi connectivity index (χ0v) is 11.0. The number of aromatic nitrogens is 1. The number of esters is 1. The van der Waals surface area contributed by atoms with Gasteiger partial charge in [-0.25, -0.2) is 9.78 Å². The Morgan fingerprint density at radius 2 is 2.14 bits per heavy atom. The van der Waals surface area contributed by atoms with Crippen LogP contribution in [0.4, 0.5) is 5.82 Å². The van der Waals surface area contributed by atoms with Crippen LogP contribution in [-0.4, -0.2) is 46.0 Å². The van der Waals surface area contributed by atoms with Crippen LogP contribution in [-0.2, 0) is 14.3 Å². The number of carboxylic acids is 1. The molecule has 10 heteroatoms. The van der Waals surface area contributed by atoms with Crippen molar-refractivity contribution in [3.63, 3.8) is 0 Å². The summed E-state index contributed by atoms with van der Waals surface area (Å²) in [7, 11) is 1.16.